The van der Waals surface area contributed by atoms with Crippen LogP contribution in [-0.4, -0.2) is 56.0 Å². The Morgan fingerprint density at radius 2 is 2.40 bits per heavy atom. The van der Waals surface area contributed by atoms with Gasteiger partial charge in [0.05, 0.1) is 30.6 Å². The quantitative estimate of drug-likeness (QED) is 0.766. The molecular formula is C12H18N2O4S2. The molecule has 1 aliphatic rings. The lowest BCUT2D eigenvalue weighted by Gasteiger charge is -2.24. The van der Waals surface area contributed by atoms with Gasteiger partial charge in [0.25, 0.3) is 0 Å². The standard InChI is InChI=1S/C12H18N2O4S2/c1-18-5-4-14(8-11-13-3-6-19-11)12(15)10-2-7-20(16,17)9-10/h3,6,10H,2,4-5,7-9H2,1H3/t10-/m1/s1. The van der Waals surface area contributed by atoms with Crippen LogP contribution in [0.1, 0.15) is 11.4 Å². The van der Waals surface area contributed by atoms with Crippen molar-refractivity contribution >= 4 is 27.1 Å². The molecule has 1 aromatic heterocycles. The van der Waals surface area contributed by atoms with Crippen molar-refractivity contribution in [2.45, 2.75) is 13.0 Å². The molecule has 0 spiro atoms. The second-order valence-corrected chi connectivity index (χ2v) is 7.99. The lowest BCUT2D eigenvalue weighted by molar-refractivity contribution is -0.136. The molecule has 112 valence electrons. The van der Waals surface area contributed by atoms with Crippen LogP contribution in [-0.2, 0) is 25.9 Å². The first-order valence-electron chi connectivity index (χ1n) is 6.38. The molecule has 1 atom stereocenters. The van der Waals surface area contributed by atoms with Crippen LogP contribution in [0.4, 0.5) is 0 Å². The maximum atomic E-state index is 12.4. The van der Waals surface area contributed by atoms with Gasteiger partial charge in [0, 0.05) is 25.2 Å². The molecule has 1 fully saturated rings. The molecule has 0 N–H and O–H groups in total. The van der Waals surface area contributed by atoms with Crippen LogP contribution in [0.25, 0.3) is 0 Å². The Kier molecular flexibility index (Phi) is 5.11. The monoisotopic (exact) mass is 318 g/mol. The van der Waals surface area contributed by atoms with Crippen molar-refractivity contribution in [3.63, 3.8) is 0 Å². The number of sulfone groups is 1. The minimum absolute atomic E-state index is 0.0345. The zero-order valence-corrected chi connectivity index (χ0v) is 13.0. The van der Waals surface area contributed by atoms with Crippen LogP contribution in [0.15, 0.2) is 11.6 Å². The Morgan fingerprint density at radius 3 is 2.95 bits per heavy atom. The topological polar surface area (TPSA) is 76.6 Å². The number of thiazole rings is 1. The molecule has 20 heavy (non-hydrogen) atoms. The Labute approximate surface area is 122 Å². The van der Waals surface area contributed by atoms with E-state index < -0.39 is 15.8 Å². The second kappa shape index (κ2) is 6.64. The van der Waals surface area contributed by atoms with E-state index in [1.165, 1.54) is 11.3 Å². The highest BCUT2D eigenvalue weighted by Crippen LogP contribution is 2.22. The number of methoxy groups -OCH3 is 1. The molecule has 2 heterocycles. The minimum atomic E-state index is -3.05. The second-order valence-electron chi connectivity index (χ2n) is 4.78. The maximum Gasteiger partial charge on any atom is 0.227 e. The summed E-state index contributed by atoms with van der Waals surface area (Å²) < 4.78 is 28.0. The summed E-state index contributed by atoms with van der Waals surface area (Å²) in [6.07, 6.45) is 2.11. The predicted molar refractivity (Wildman–Crippen MR) is 76.2 cm³/mol. The normalized spacial score (nSPS) is 20.9. The highest BCUT2D eigenvalue weighted by Gasteiger charge is 2.35. The van der Waals surface area contributed by atoms with E-state index >= 15 is 0 Å². The molecule has 8 heteroatoms. The first-order chi connectivity index (χ1) is 9.52. The lowest BCUT2D eigenvalue weighted by Crippen LogP contribution is -2.38. The van der Waals surface area contributed by atoms with Crippen molar-refractivity contribution < 1.29 is 17.9 Å². The molecule has 0 radical (unpaired) electrons. The van der Waals surface area contributed by atoms with E-state index in [2.05, 4.69) is 4.98 Å². The lowest BCUT2D eigenvalue weighted by atomic mass is 10.1. The zero-order valence-electron chi connectivity index (χ0n) is 11.3. The van der Waals surface area contributed by atoms with Gasteiger partial charge >= 0.3 is 0 Å². The fourth-order valence-electron chi connectivity index (χ4n) is 2.21. The predicted octanol–water partition coefficient (Wildman–Crippen LogP) is 0.553. The number of hydrogen-bond acceptors (Lipinski definition) is 6. The molecule has 0 bridgehead atoms. The van der Waals surface area contributed by atoms with Crippen LogP contribution in [0.3, 0.4) is 0 Å². The van der Waals surface area contributed by atoms with Gasteiger partial charge in [-0.05, 0) is 6.42 Å². The average Bonchev–Trinajstić information content (AvgIpc) is 3.03. The summed E-state index contributed by atoms with van der Waals surface area (Å²) in [5.41, 5.74) is 0. The summed E-state index contributed by atoms with van der Waals surface area (Å²) in [6.45, 7) is 1.29. The Bertz CT molecular complexity index is 542. The van der Waals surface area contributed by atoms with E-state index in [1.807, 2.05) is 5.38 Å². The molecule has 0 aromatic carbocycles. The molecule has 1 aliphatic heterocycles. The molecule has 1 aromatic rings. The smallest absolute Gasteiger partial charge is 0.227 e. The Balaban J connectivity index is 2.03. The van der Waals surface area contributed by atoms with Gasteiger partial charge in [-0.25, -0.2) is 13.4 Å². The number of ether oxygens (including phenoxy) is 1. The van der Waals surface area contributed by atoms with Gasteiger partial charge in [-0.1, -0.05) is 0 Å². The SMILES string of the molecule is COCCN(Cc1nccs1)C(=O)[C@@H]1CCS(=O)(=O)C1. The van der Waals surface area contributed by atoms with Crippen LogP contribution in [0.5, 0.6) is 0 Å². The van der Waals surface area contributed by atoms with Crippen molar-refractivity contribution in [3.8, 4) is 0 Å². The van der Waals surface area contributed by atoms with Crippen LogP contribution < -0.4 is 0 Å². The molecule has 1 saturated heterocycles. The number of amides is 1. The van der Waals surface area contributed by atoms with E-state index in [9.17, 15) is 13.2 Å². The number of aromatic nitrogens is 1. The van der Waals surface area contributed by atoms with Crippen molar-refractivity contribution in [3.05, 3.63) is 16.6 Å². The minimum Gasteiger partial charge on any atom is -0.383 e. The highest BCUT2D eigenvalue weighted by atomic mass is 32.2. The molecular weight excluding hydrogens is 300 g/mol. The maximum absolute atomic E-state index is 12.4. The van der Waals surface area contributed by atoms with E-state index in [4.69, 9.17) is 4.74 Å². The van der Waals surface area contributed by atoms with Crippen molar-refractivity contribution in [1.82, 2.24) is 9.88 Å². The van der Waals surface area contributed by atoms with Gasteiger partial charge in [-0.2, -0.15) is 0 Å². The Hall–Kier alpha value is -0.990. The summed E-state index contributed by atoms with van der Waals surface area (Å²) in [5, 5.41) is 2.70. The van der Waals surface area contributed by atoms with Gasteiger partial charge in [-0.3, -0.25) is 4.79 Å². The van der Waals surface area contributed by atoms with Crippen molar-refractivity contribution in [2.24, 2.45) is 5.92 Å². The summed E-state index contributed by atoms with van der Waals surface area (Å²) in [4.78, 5) is 18.3. The van der Waals surface area contributed by atoms with Gasteiger partial charge < -0.3 is 9.64 Å². The first-order valence-corrected chi connectivity index (χ1v) is 9.08. The van der Waals surface area contributed by atoms with Gasteiger partial charge in [-0.15, -0.1) is 11.3 Å². The molecule has 0 aliphatic carbocycles. The van der Waals surface area contributed by atoms with E-state index in [0.717, 1.165) is 5.01 Å². The van der Waals surface area contributed by atoms with E-state index in [-0.39, 0.29) is 17.4 Å². The van der Waals surface area contributed by atoms with Crippen LogP contribution >= 0.6 is 11.3 Å². The van der Waals surface area contributed by atoms with Crippen molar-refractivity contribution in [1.29, 1.82) is 0 Å². The van der Waals surface area contributed by atoms with Crippen LogP contribution in [0, 0.1) is 5.92 Å². The highest BCUT2D eigenvalue weighted by molar-refractivity contribution is 7.91. The molecule has 1 amide bonds. The number of carbonyl (C=O) groups is 1. The number of carbonyl (C=O) groups excluding carboxylic acids is 1. The Morgan fingerprint density at radius 1 is 1.60 bits per heavy atom. The molecule has 6 nitrogen and oxygen atoms in total. The fourth-order valence-corrected chi connectivity index (χ4v) is 4.57. The van der Waals surface area contributed by atoms with E-state index in [0.29, 0.717) is 26.1 Å². The largest absolute Gasteiger partial charge is 0.383 e. The zero-order chi connectivity index (χ0) is 14.6. The third kappa shape index (κ3) is 4.00. The number of hydrogen-bond donors (Lipinski definition) is 0. The number of nitrogens with zero attached hydrogens (tertiary/aromatic N) is 2. The summed E-state index contributed by atoms with van der Waals surface area (Å²) >= 11 is 1.48. The third-order valence-corrected chi connectivity index (χ3v) is 5.80. The van der Waals surface area contributed by atoms with Crippen molar-refractivity contribution in [2.75, 3.05) is 31.8 Å². The number of rotatable bonds is 6. The summed E-state index contributed by atoms with van der Waals surface area (Å²) in [6, 6.07) is 0. The van der Waals surface area contributed by atoms with Gasteiger partial charge in [0.1, 0.15) is 5.01 Å². The summed E-state index contributed by atoms with van der Waals surface area (Å²) in [5.74, 6) is -0.457. The molecule has 0 saturated carbocycles. The van der Waals surface area contributed by atoms with E-state index in [1.54, 1.807) is 18.2 Å². The van der Waals surface area contributed by atoms with Crippen LogP contribution in [0.2, 0.25) is 0 Å². The first kappa shape index (κ1) is 15.4. The summed E-state index contributed by atoms with van der Waals surface area (Å²) in [7, 11) is -1.47. The third-order valence-electron chi connectivity index (χ3n) is 3.27. The fraction of sp³-hybridized carbons (Fsp3) is 0.667. The molecule has 2 rings (SSSR count). The molecule has 0 unspecified atom stereocenters. The average molecular weight is 318 g/mol. The van der Waals surface area contributed by atoms with Gasteiger partial charge in [0.2, 0.25) is 5.91 Å². The van der Waals surface area contributed by atoms with Gasteiger partial charge in [0.15, 0.2) is 9.84 Å².